The molecule has 0 radical (unpaired) electrons. The van der Waals surface area contributed by atoms with E-state index in [2.05, 4.69) is 0 Å². The maximum absolute atomic E-state index is 12.6. The standard InChI is InChI=1S/C15H15Cl2N3O3S2/c16-5-7-18(8-6-17)10-19-14(21)13(25-15(19)24)9-11-1-3-12(4-2-11)20(22)23/h1-4,9H,5-8,10H2/b13-9-. The number of nitrogens with zero attached hydrogens (tertiary/aromatic N) is 3. The highest BCUT2D eigenvalue weighted by Crippen LogP contribution is 2.32. The molecule has 1 fully saturated rings. The van der Waals surface area contributed by atoms with E-state index in [1.807, 2.05) is 4.90 Å². The average molecular weight is 420 g/mol. The summed E-state index contributed by atoms with van der Waals surface area (Å²) in [7, 11) is 0. The van der Waals surface area contributed by atoms with E-state index in [0.717, 1.165) is 0 Å². The molecule has 1 amide bonds. The van der Waals surface area contributed by atoms with Gasteiger partial charge in [0.1, 0.15) is 4.32 Å². The van der Waals surface area contributed by atoms with Crippen molar-refractivity contribution in [1.82, 2.24) is 9.80 Å². The summed E-state index contributed by atoms with van der Waals surface area (Å²) in [6.07, 6.45) is 1.68. The molecule has 0 saturated carbocycles. The highest BCUT2D eigenvalue weighted by atomic mass is 35.5. The lowest BCUT2D eigenvalue weighted by atomic mass is 10.2. The van der Waals surface area contributed by atoms with Gasteiger partial charge in [-0.1, -0.05) is 24.0 Å². The topological polar surface area (TPSA) is 66.7 Å². The monoisotopic (exact) mass is 419 g/mol. The number of carbonyl (C=O) groups is 1. The SMILES string of the molecule is O=C1/C(=C/c2ccc([N+](=O)[O-])cc2)SC(=S)N1CN(CCCl)CCCl. The van der Waals surface area contributed by atoms with Crippen molar-refractivity contribution in [2.75, 3.05) is 31.5 Å². The van der Waals surface area contributed by atoms with Gasteiger partial charge in [0.2, 0.25) is 0 Å². The molecule has 0 unspecified atom stereocenters. The fraction of sp³-hybridized carbons (Fsp3) is 0.333. The van der Waals surface area contributed by atoms with E-state index in [9.17, 15) is 14.9 Å². The van der Waals surface area contributed by atoms with Gasteiger partial charge in [-0.3, -0.25) is 24.7 Å². The third-order valence-electron chi connectivity index (χ3n) is 3.42. The maximum atomic E-state index is 12.6. The number of rotatable bonds is 8. The van der Waals surface area contributed by atoms with Gasteiger partial charge in [0, 0.05) is 37.0 Å². The maximum Gasteiger partial charge on any atom is 0.269 e. The number of non-ortho nitro benzene ring substituents is 1. The van der Waals surface area contributed by atoms with Gasteiger partial charge in [0.05, 0.1) is 16.5 Å². The van der Waals surface area contributed by atoms with Crippen LogP contribution in [0.1, 0.15) is 5.56 Å². The third-order valence-corrected chi connectivity index (χ3v) is 5.13. The number of hydrogen-bond donors (Lipinski definition) is 0. The predicted octanol–water partition coefficient (Wildman–Crippen LogP) is 3.53. The Hall–Kier alpha value is -1.19. The number of nitro benzene ring substituents is 1. The van der Waals surface area contributed by atoms with Crippen molar-refractivity contribution in [1.29, 1.82) is 0 Å². The molecular formula is C15H15Cl2N3O3S2. The van der Waals surface area contributed by atoms with Crippen molar-refractivity contribution in [3.63, 3.8) is 0 Å². The van der Waals surface area contributed by atoms with E-state index in [1.54, 1.807) is 18.2 Å². The molecule has 134 valence electrons. The van der Waals surface area contributed by atoms with Gasteiger partial charge in [-0.15, -0.1) is 23.2 Å². The lowest BCUT2D eigenvalue weighted by Crippen LogP contribution is -2.42. The molecule has 6 nitrogen and oxygen atoms in total. The molecule has 0 aliphatic carbocycles. The Morgan fingerprint density at radius 1 is 1.24 bits per heavy atom. The van der Waals surface area contributed by atoms with Gasteiger partial charge in [-0.05, 0) is 23.8 Å². The lowest BCUT2D eigenvalue weighted by Gasteiger charge is -2.25. The number of benzene rings is 1. The van der Waals surface area contributed by atoms with E-state index in [0.29, 0.717) is 46.3 Å². The molecule has 0 atom stereocenters. The normalized spacial score (nSPS) is 16.3. The number of halogens is 2. The van der Waals surface area contributed by atoms with Crippen LogP contribution in [0.15, 0.2) is 29.2 Å². The number of thioether (sulfide) groups is 1. The molecule has 10 heteroatoms. The number of nitro groups is 1. The zero-order chi connectivity index (χ0) is 18.4. The van der Waals surface area contributed by atoms with Crippen LogP contribution in [0, 0.1) is 10.1 Å². The van der Waals surface area contributed by atoms with E-state index in [4.69, 9.17) is 35.4 Å². The molecule has 2 rings (SSSR count). The Balaban J connectivity index is 2.12. The zero-order valence-electron chi connectivity index (χ0n) is 13.1. The van der Waals surface area contributed by atoms with Gasteiger partial charge in [-0.2, -0.15) is 0 Å². The minimum absolute atomic E-state index is 0.00231. The van der Waals surface area contributed by atoms with Gasteiger partial charge in [-0.25, -0.2) is 0 Å². The lowest BCUT2D eigenvalue weighted by molar-refractivity contribution is -0.384. The average Bonchev–Trinajstić information content (AvgIpc) is 2.83. The van der Waals surface area contributed by atoms with Gasteiger partial charge in [0.15, 0.2) is 0 Å². The first-order valence-electron chi connectivity index (χ1n) is 7.30. The molecule has 0 aromatic heterocycles. The van der Waals surface area contributed by atoms with Crippen molar-refractivity contribution >= 4 is 69.2 Å². The molecule has 0 bridgehead atoms. The summed E-state index contributed by atoms with van der Waals surface area (Å²) in [5.41, 5.74) is 0.701. The van der Waals surface area contributed by atoms with Crippen molar-refractivity contribution in [3.05, 3.63) is 44.8 Å². The number of alkyl halides is 2. The summed E-state index contributed by atoms with van der Waals surface area (Å²) in [6.45, 7) is 1.54. The molecule has 1 aromatic carbocycles. The van der Waals surface area contributed by atoms with Crippen LogP contribution in [0.4, 0.5) is 5.69 Å². The van der Waals surface area contributed by atoms with Crippen LogP contribution in [0.5, 0.6) is 0 Å². The van der Waals surface area contributed by atoms with E-state index in [-0.39, 0.29) is 11.6 Å². The summed E-state index contributed by atoms with van der Waals surface area (Å²) >= 11 is 18.1. The first kappa shape index (κ1) is 20.1. The zero-order valence-corrected chi connectivity index (χ0v) is 16.2. The van der Waals surface area contributed by atoms with Gasteiger partial charge >= 0.3 is 0 Å². The second-order valence-electron chi connectivity index (χ2n) is 5.10. The van der Waals surface area contributed by atoms with Crippen LogP contribution in [0.2, 0.25) is 0 Å². The summed E-state index contributed by atoms with van der Waals surface area (Å²) in [4.78, 5) is 26.8. The van der Waals surface area contributed by atoms with Crippen molar-refractivity contribution in [2.45, 2.75) is 0 Å². The van der Waals surface area contributed by atoms with Gasteiger partial charge in [0.25, 0.3) is 11.6 Å². The number of hydrogen-bond acceptors (Lipinski definition) is 6. The Labute approximate surface area is 164 Å². The molecule has 1 aliphatic rings. The highest BCUT2D eigenvalue weighted by Gasteiger charge is 2.33. The Morgan fingerprint density at radius 3 is 2.36 bits per heavy atom. The summed E-state index contributed by atoms with van der Waals surface area (Å²) in [5.74, 6) is 0.678. The quantitative estimate of drug-likeness (QED) is 0.211. The smallest absolute Gasteiger partial charge is 0.269 e. The van der Waals surface area contributed by atoms with E-state index < -0.39 is 4.92 Å². The Bertz CT molecular complexity index is 692. The highest BCUT2D eigenvalue weighted by molar-refractivity contribution is 8.26. The first-order valence-corrected chi connectivity index (χ1v) is 9.59. The fourth-order valence-electron chi connectivity index (χ4n) is 2.16. The first-order chi connectivity index (χ1) is 12.0. The van der Waals surface area contributed by atoms with Crippen LogP contribution in [0.25, 0.3) is 6.08 Å². The Kier molecular flexibility index (Phi) is 7.64. The van der Waals surface area contributed by atoms with Crippen molar-refractivity contribution in [3.8, 4) is 0 Å². The largest absolute Gasteiger partial charge is 0.283 e. The van der Waals surface area contributed by atoms with Crippen LogP contribution in [-0.4, -0.2) is 56.5 Å². The molecule has 25 heavy (non-hydrogen) atoms. The fourth-order valence-corrected chi connectivity index (χ4v) is 3.88. The molecule has 0 spiro atoms. The second-order valence-corrected chi connectivity index (χ2v) is 7.53. The summed E-state index contributed by atoms with van der Waals surface area (Å²) < 4.78 is 0.465. The predicted molar refractivity (Wildman–Crippen MR) is 106 cm³/mol. The van der Waals surface area contributed by atoms with Crippen LogP contribution in [0.3, 0.4) is 0 Å². The summed E-state index contributed by atoms with van der Waals surface area (Å²) in [5, 5.41) is 10.7. The van der Waals surface area contributed by atoms with E-state index in [1.165, 1.54) is 28.8 Å². The van der Waals surface area contributed by atoms with Crippen LogP contribution < -0.4 is 0 Å². The molecular weight excluding hydrogens is 405 g/mol. The minimum atomic E-state index is -0.467. The second kappa shape index (κ2) is 9.49. The number of carbonyl (C=O) groups excluding carboxylic acids is 1. The van der Waals surface area contributed by atoms with E-state index >= 15 is 0 Å². The van der Waals surface area contributed by atoms with Crippen LogP contribution >= 0.6 is 47.2 Å². The minimum Gasteiger partial charge on any atom is -0.283 e. The number of thiocarbonyl (C=S) groups is 1. The molecule has 1 aromatic rings. The van der Waals surface area contributed by atoms with Crippen molar-refractivity contribution < 1.29 is 9.72 Å². The molecule has 1 heterocycles. The Morgan fingerprint density at radius 2 is 1.84 bits per heavy atom. The van der Waals surface area contributed by atoms with Crippen molar-refractivity contribution in [2.24, 2.45) is 0 Å². The molecule has 1 saturated heterocycles. The molecule has 1 aliphatic heterocycles. The van der Waals surface area contributed by atoms with Gasteiger partial charge < -0.3 is 0 Å². The third kappa shape index (κ3) is 5.39. The summed E-state index contributed by atoms with van der Waals surface area (Å²) in [6, 6.07) is 5.99. The van der Waals surface area contributed by atoms with Crippen LogP contribution in [-0.2, 0) is 4.79 Å². The molecule has 0 N–H and O–H groups in total. The number of amides is 1.